The zero-order chi connectivity index (χ0) is 24.1. The monoisotopic (exact) mass is 470 g/mol. The largest absolute Gasteiger partial charge is 0.381 e. The highest BCUT2D eigenvalue weighted by molar-refractivity contribution is 5.99. The van der Waals surface area contributed by atoms with Crippen molar-refractivity contribution < 1.29 is 9.53 Å². The summed E-state index contributed by atoms with van der Waals surface area (Å²) >= 11 is 0. The highest BCUT2D eigenvalue weighted by Gasteiger charge is 2.30. The third-order valence-electron chi connectivity index (χ3n) is 7.36. The van der Waals surface area contributed by atoms with Crippen molar-refractivity contribution in [1.29, 1.82) is 0 Å². The lowest BCUT2D eigenvalue weighted by molar-refractivity contribution is -0.129. The van der Waals surface area contributed by atoms with Crippen LogP contribution in [0.15, 0.2) is 36.7 Å². The zero-order valence-corrected chi connectivity index (χ0v) is 20.5. The van der Waals surface area contributed by atoms with Gasteiger partial charge in [0.15, 0.2) is 0 Å². The molecule has 0 spiro atoms. The van der Waals surface area contributed by atoms with Gasteiger partial charge in [0.05, 0.1) is 23.6 Å². The molecule has 0 radical (unpaired) electrons. The van der Waals surface area contributed by atoms with E-state index in [4.69, 9.17) is 14.8 Å². The van der Waals surface area contributed by atoms with E-state index in [2.05, 4.69) is 41.0 Å². The first-order chi connectivity index (χ1) is 17.0. The fourth-order valence-electron chi connectivity index (χ4n) is 5.57. The molecule has 0 N–H and O–H groups in total. The van der Waals surface area contributed by atoms with E-state index in [1.54, 1.807) is 11.6 Å². The van der Waals surface area contributed by atoms with Crippen LogP contribution in [-0.4, -0.2) is 55.1 Å². The zero-order valence-electron chi connectivity index (χ0n) is 20.5. The molecule has 1 amide bonds. The molecule has 0 unspecified atom stereocenters. The first-order valence-corrected chi connectivity index (χ1v) is 12.3. The van der Waals surface area contributed by atoms with Crippen LogP contribution in [0.2, 0.25) is 0 Å². The van der Waals surface area contributed by atoms with Crippen molar-refractivity contribution in [2.24, 2.45) is 7.05 Å². The molecule has 8 heteroatoms. The standard InChI is InChI=1S/C27H30N6O2/c1-17-26-19(13-24(29-17)20-14-28-31(3)15-20)5-4-6-22(26)27-23-16-32(18(2)34)10-7-25(23)33(30-27)21-8-11-35-12-9-21/h4-6,13-15,21H,7-12,16H2,1-3H3. The molecule has 0 bridgehead atoms. The average molecular weight is 471 g/mol. The number of hydrogen-bond donors (Lipinski definition) is 0. The van der Waals surface area contributed by atoms with Gasteiger partial charge in [-0.1, -0.05) is 18.2 Å². The van der Waals surface area contributed by atoms with E-state index in [0.717, 1.165) is 78.0 Å². The second kappa shape index (κ2) is 8.61. The molecule has 8 nitrogen and oxygen atoms in total. The summed E-state index contributed by atoms with van der Waals surface area (Å²) in [6, 6.07) is 8.84. The smallest absolute Gasteiger partial charge is 0.219 e. The molecule has 0 atom stereocenters. The molecule has 0 aliphatic carbocycles. The van der Waals surface area contributed by atoms with Gasteiger partial charge in [-0.2, -0.15) is 10.2 Å². The normalized spacial score (nSPS) is 16.6. The summed E-state index contributed by atoms with van der Waals surface area (Å²) in [5.41, 5.74) is 7.37. The second-order valence-corrected chi connectivity index (χ2v) is 9.65. The molecule has 4 aromatic rings. The molecule has 1 saturated heterocycles. The van der Waals surface area contributed by atoms with Crippen LogP contribution in [0.1, 0.15) is 42.8 Å². The van der Waals surface area contributed by atoms with Gasteiger partial charge in [0.25, 0.3) is 0 Å². The van der Waals surface area contributed by atoms with Crippen molar-refractivity contribution in [2.75, 3.05) is 19.8 Å². The number of aromatic nitrogens is 5. The van der Waals surface area contributed by atoms with Crippen LogP contribution >= 0.6 is 0 Å². The van der Waals surface area contributed by atoms with Gasteiger partial charge >= 0.3 is 0 Å². The summed E-state index contributed by atoms with van der Waals surface area (Å²) in [6.45, 7) is 6.58. The number of fused-ring (bicyclic) bond motifs is 2. The summed E-state index contributed by atoms with van der Waals surface area (Å²) in [6.07, 6.45) is 6.59. The topological polar surface area (TPSA) is 78.1 Å². The second-order valence-electron chi connectivity index (χ2n) is 9.65. The minimum Gasteiger partial charge on any atom is -0.381 e. The third-order valence-corrected chi connectivity index (χ3v) is 7.36. The minimum absolute atomic E-state index is 0.109. The number of carbonyl (C=O) groups excluding carboxylic acids is 1. The molecule has 2 aliphatic rings. The Morgan fingerprint density at radius 3 is 2.77 bits per heavy atom. The number of rotatable bonds is 3. The Morgan fingerprint density at radius 2 is 2.03 bits per heavy atom. The third kappa shape index (κ3) is 3.82. The number of nitrogens with zero attached hydrogens (tertiary/aromatic N) is 6. The molecule has 35 heavy (non-hydrogen) atoms. The van der Waals surface area contributed by atoms with Crippen LogP contribution in [-0.2, 0) is 29.5 Å². The minimum atomic E-state index is 0.109. The lowest BCUT2D eigenvalue weighted by Gasteiger charge is -2.29. The number of benzene rings is 1. The molecule has 1 aromatic carbocycles. The van der Waals surface area contributed by atoms with E-state index in [0.29, 0.717) is 12.6 Å². The molecular formula is C27H30N6O2. The lowest BCUT2D eigenvalue weighted by Crippen LogP contribution is -2.35. The Kier molecular flexibility index (Phi) is 5.40. The molecule has 1 fully saturated rings. The van der Waals surface area contributed by atoms with Crippen molar-refractivity contribution in [2.45, 2.75) is 45.7 Å². The fourth-order valence-corrected chi connectivity index (χ4v) is 5.57. The Balaban J connectivity index is 1.52. The molecule has 2 aliphatic heterocycles. The Hall–Kier alpha value is -3.52. The van der Waals surface area contributed by atoms with Crippen molar-refractivity contribution >= 4 is 16.7 Å². The van der Waals surface area contributed by atoms with Crippen molar-refractivity contribution in [1.82, 2.24) is 29.4 Å². The highest BCUT2D eigenvalue weighted by Crippen LogP contribution is 2.38. The maximum absolute atomic E-state index is 12.3. The van der Waals surface area contributed by atoms with E-state index in [1.165, 1.54) is 11.3 Å². The molecule has 3 aromatic heterocycles. The van der Waals surface area contributed by atoms with E-state index >= 15 is 0 Å². The van der Waals surface area contributed by atoms with Crippen LogP contribution < -0.4 is 0 Å². The van der Waals surface area contributed by atoms with Crippen LogP contribution in [0.5, 0.6) is 0 Å². The fraction of sp³-hybridized carbons (Fsp3) is 0.407. The Labute approximate surface area is 204 Å². The van der Waals surface area contributed by atoms with E-state index in [9.17, 15) is 4.79 Å². The van der Waals surface area contributed by atoms with Crippen molar-refractivity contribution in [3.05, 3.63) is 53.6 Å². The summed E-state index contributed by atoms with van der Waals surface area (Å²) in [5, 5.41) is 11.8. The first-order valence-electron chi connectivity index (χ1n) is 12.3. The highest BCUT2D eigenvalue weighted by atomic mass is 16.5. The molecule has 5 heterocycles. The maximum atomic E-state index is 12.3. The first kappa shape index (κ1) is 22.0. The van der Waals surface area contributed by atoms with E-state index < -0.39 is 0 Å². The van der Waals surface area contributed by atoms with E-state index in [1.807, 2.05) is 24.3 Å². The van der Waals surface area contributed by atoms with Gasteiger partial charge in [-0.15, -0.1) is 0 Å². The molecule has 0 saturated carbocycles. The van der Waals surface area contributed by atoms with E-state index in [-0.39, 0.29) is 5.91 Å². The molecular weight excluding hydrogens is 440 g/mol. The number of ether oxygens (including phenoxy) is 1. The number of amides is 1. The average Bonchev–Trinajstić information content (AvgIpc) is 3.47. The quantitative estimate of drug-likeness (QED) is 0.451. The van der Waals surface area contributed by atoms with Gasteiger partial charge in [-0.05, 0) is 31.2 Å². The maximum Gasteiger partial charge on any atom is 0.219 e. The summed E-state index contributed by atoms with van der Waals surface area (Å²) < 4.78 is 9.66. The van der Waals surface area contributed by atoms with Crippen LogP contribution in [0, 0.1) is 6.92 Å². The Bertz CT molecular complexity index is 1430. The van der Waals surface area contributed by atoms with Crippen molar-refractivity contribution in [3.8, 4) is 22.5 Å². The molecule has 6 rings (SSSR count). The summed E-state index contributed by atoms with van der Waals surface area (Å²) in [5.74, 6) is 0.109. The lowest BCUT2D eigenvalue weighted by atomic mass is 9.95. The summed E-state index contributed by atoms with van der Waals surface area (Å²) in [7, 11) is 1.91. The Morgan fingerprint density at radius 1 is 1.20 bits per heavy atom. The van der Waals surface area contributed by atoms with Gasteiger partial charge in [-0.25, -0.2) is 0 Å². The van der Waals surface area contributed by atoms with Crippen molar-refractivity contribution in [3.63, 3.8) is 0 Å². The predicted octanol–water partition coefficient (Wildman–Crippen LogP) is 4.06. The van der Waals surface area contributed by atoms with Gasteiger partial charge in [-0.3, -0.25) is 19.1 Å². The number of hydrogen-bond acceptors (Lipinski definition) is 5. The number of carbonyl (C=O) groups is 1. The van der Waals surface area contributed by atoms with Crippen LogP contribution in [0.25, 0.3) is 33.3 Å². The van der Waals surface area contributed by atoms with Crippen LogP contribution in [0.3, 0.4) is 0 Å². The van der Waals surface area contributed by atoms with Gasteiger partial charge < -0.3 is 9.64 Å². The SMILES string of the molecule is CC(=O)N1CCc2c(c(-c3cccc4cc(-c5cnn(C)c5)nc(C)c34)nn2C2CCOCC2)C1. The number of aryl methyl sites for hydroxylation is 2. The van der Waals surface area contributed by atoms with Gasteiger partial charge in [0.2, 0.25) is 5.91 Å². The number of pyridine rings is 1. The molecule has 180 valence electrons. The van der Waals surface area contributed by atoms with Crippen LogP contribution in [0.4, 0.5) is 0 Å². The van der Waals surface area contributed by atoms with Gasteiger partial charge in [0, 0.05) is 86.4 Å². The summed E-state index contributed by atoms with van der Waals surface area (Å²) in [4.78, 5) is 19.2. The van der Waals surface area contributed by atoms with Gasteiger partial charge in [0.1, 0.15) is 0 Å². The predicted molar refractivity (Wildman–Crippen MR) is 134 cm³/mol.